The van der Waals surface area contributed by atoms with E-state index >= 15 is 0 Å². The molecule has 0 aromatic heterocycles. The van der Waals surface area contributed by atoms with Gasteiger partial charge in [0.05, 0.1) is 4.90 Å². The maximum Gasteiger partial charge on any atom is 0.175 e. The van der Waals surface area contributed by atoms with Crippen LogP contribution in [0.2, 0.25) is 5.02 Å². The molecule has 0 bridgehead atoms. The highest BCUT2D eigenvalue weighted by Crippen LogP contribution is 2.22. The smallest absolute Gasteiger partial charge is 0.175 e. The standard InChI is InChI=1S/C8H8ClFO2S.C2H6/c1-5-7(10)3-6(9)4-8(5)13(2,11)12;1-2/h3-4H,1-2H3;1-2H3. The molecule has 0 aliphatic carbocycles. The van der Waals surface area contributed by atoms with Crippen molar-refractivity contribution < 1.29 is 12.8 Å². The summed E-state index contributed by atoms with van der Waals surface area (Å²) in [6, 6.07) is 2.33. The van der Waals surface area contributed by atoms with Crippen molar-refractivity contribution in [2.45, 2.75) is 25.7 Å². The lowest BCUT2D eigenvalue weighted by molar-refractivity contribution is 0.591. The predicted molar refractivity (Wildman–Crippen MR) is 60.6 cm³/mol. The lowest BCUT2D eigenvalue weighted by Gasteiger charge is -2.04. The molecular weight excluding hydrogens is 239 g/mol. The maximum absolute atomic E-state index is 13.0. The van der Waals surface area contributed by atoms with Gasteiger partial charge in [-0.3, -0.25) is 0 Å². The minimum atomic E-state index is -3.40. The van der Waals surface area contributed by atoms with Gasteiger partial charge in [0.25, 0.3) is 0 Å². The fourth-order valence-electron chi connectivity index (χ4n) is 1.01. The molecule has 0 fully saturated rings. The SMILES string of the molecule is CC.Cc1c(F)cc(Cl)cc1S(C)(=O)=O. The van der Waals surface area contributed by atoms with Crippen LogP contribution in [-0.4, -0.2) is 14.7 Å². The maximum atomic E-state index is 13.0. The molecule has 0 atom stereocenters. The third-order valence-electron chi connectivity index (χ3n) is 1.66. The molecule has 15 heavy (non-hydrogen) atoms. The summed E-state index contributed by atoms with van der Waals surface area (Å²) in [5, 5.41) is 0.0866. The second-order valence-corrected chi connectivity index (χ2v) is 5.20. The number of rotatable bonds is 1. The number of hydrogen-bond donors (Lipinski definition) is 0. The second kappa shape index (κ2) is 5.47. The van der Waals surface area contributed by atoms with E-state index in [0.717, 1.165) is 12.3 Å². The Hall–Kier alpha value is -0.610. The minimum absolute atomic E-state index is 0.0579. The van der Waals surface area contributed by atoms with E-state index in [4.69, 9.17) is 11.6 Å². The fraction of sp³-hybridized carbons (Fsp3) is 0.400. The van der Waals surface area contributed by atoms with Gasteiger partial charge in [0.1, 0.15) is 5.82 Å². The van der Waals surface area contributed by atoms with E-state index in [0.29, 0.717) is 0 Å². The van der Waals surface area contributed by atoms with Gasteiger partial charge in [0.2, 0.25) is 0 Å². The van der Waals surface area contributed by atoms with Gasteiger partial charge in [-0.15, -0.1) is 0 Å². The summed E-state index contributed by atoms with van der Waals surface area (Å²) in [6.45, 7) is 5.40. The van der Waals surface area contributed by atoms with Crippen LogP contribution in [0.3, 0.4) is 0 Å². The van der Waals surface area contributed by atoms with Crippen molar-refractivity contribution in [3.63, 3.8) is 0 Å². The molecule has 0 N–H and O–H groups in total. The molecule has 2 nitrogen and oxygen atoms in total. The monoisotopic (exact) mass is 252 g/mol. The van der Waals surface area contributed by atoms with Crippen LogP contribution in [0.4, 0.5) is 4.39 Å². The lowest BCUT2D eigenvalue weighted by Crippen LogP contribution is -2.01. The van der Waals surface area contributed by atoms with E-state index in [1.54, 1.807) is 0 Å². The predicted octanol–water partition coefficient (Wildman–Crippen LogP) is 3.22. The first-order valence-electron chi connectivity index (χ1n) is 4.48. The van der Waals surface area contributed by atoms with E-state index in [-0.39, 0.29) is 15.5 Å². The van der Waals surface area contributed by atoms with E-state index < -0.39 is 15.7 Å². The van der Waals surface area contributed by atoms with Crippen LogP contribution in [-0.2, 0) is 9.84 Å². The topological polar surface area (TPSA) is 34.1 Å². The van der Waals surface area contributed by atoms with Gasteiger partial charge in [-0.2, -0.15) is 0 Å². The number of halogens is 2. The van der Waals surface area contributed by atoms with E-state index in [1.807, 2.05) is 13.8 Å². The zero-order valence-electron chi connectivity index (χ0n) is 9.14. The molecule has 0 saturated heterocycles. The Kier molecular flexibility index (Phi) is 5.24. The second-order valence-electron chi connectivity index (χ2n) is 2.78. The summed E-state index contributed by atoms with van der Waals surface area (Å²) in [7, 11) is -3.40. The summed E-state index contributed by atoms with van der Waals surface area (Å²) in [5.41, 5.74) is 0.104. The Morgan fingerprint density at radius 1 is 1.27 bits per heavy atom. The summed E-state index contributed by atoms with van der Waals surface area (Å²) < 4.78 is 35.3. The van der Waals surface area contributed by atoms with Gasteiger partial charge in [-0.05, 0) is 19.1 Å². The molecule has 0 spiro atoms. The van der Waals surface area contributed by atoms with Gasteiger partial charge in [-0.25, -0.2) is 12.8 Å². The Morgan fingerprint density at radius 2 is 1.73 bits per heavy atom. The van der Waals surface area contributed by atoms with Gasteiger partial charge < -0.3 is 0 Å². The normalized spacial score (nSPS) is 10.5. The molecule has 86 valence electrons. The van der Waals surface area contributed by atoms with E-state index in [9.17, 15) is 12.8 Å². The third-order valence-corrected chi connectivity index (χ3v) is 3.10. The highest BCUT2D eigenvalue weighted by molar-refractivity contribution is 7.90. The average molecular weight is 253 g/mol. The molecule has 0 unspecified atom stereocenters. The quantitative estimate of drug-likeness (QED) is 0.769. The van der Waals surface area contributed by atoms with Crippen LogP contribution in [0.25, 0.3) is 0 Å². The van der Waals surface area contributed by atoms with Crippen LogP contribution in [0.15, 0.2) is 17.0 Å². The van der Waals surface area contributed by atoms with Crippen molar-refractivity contribution in [2.24, 2.45) is 0 Å². The average Bonchev–Trinajstić information content (AvgIpc) is 2.13. The number of benzene rings is 1. The summed E-state index contributed by atoms with van der Waals surface area (Å²) in [4.78, 5) is -0.0579. The first-order chi connectivity index (χ1) is 6.82. The molecule has 0 saturated carbocycles. The highest BCUT2D eigenvalue weighted by Gasteiger charge is 2.14. The third kappa shape index (κ3) is 3.80. The molecule has 5 heteroatoms. The van der Waals surface area contributed by atoms with Crippen molar-refractivity contribution in [1.82, 2.24) is 0 Å². The summed E-state index contributed by atoms with van der Waals surface area (Å²) >= 11 is 5.52. The summed E-state index contributed by atoms with van der Waals surface area (Å²) in [5.74, 6) is -0.604. The number of sulfone groups is 1. The first kappa shape index (κ1) is 14.4. The van der Waals surface area contributed by atoms with E-state index in [2.05, 4.69) is 0 Å². The Morgan fingerprint density at radius 3 is 2.13 bits per heavy atom. The highest BCUT2D eigenvalue weighted by atomic mass is 35.5. The van der Waals surface area contributed by atoms with Crippen molar-refractivity contribution in [2.75, 3.05) is 6.26 Å². The van der Waals surface area contributed by atoms with Gasteiger partial charge in [0, 0.05) is 16.8 Å². The molecule has 0 aliphatic rings. The van der Waals surface area contributed by atoms with Crippen LogP contribution in [0.1, 0.15) is 19.4 Å². The van der Waals surface area contributed by atoms with Crippen molar-refractivity contribution in [1.29, 1.82) is 0 Å². The van der Waals surface area contributed by atoms with Crippen molar-refractivity contribution >= 4 is 21.4 Å². The molecular formula is C10H14ClFO2S. The molecule has 1 rings (SSSR count). The first-order valence-corrected chi connectivity index (χ1v) is 6.75. The largest absolute Gasteiger partial charge is 0.224 e. The fourth-order valence-corrected chi connectivity index (χ4v) is 2.27. The Balaban J connectivity index is 0.000000921. The van der Waals surface area contributed by atoms with Gasteiger partial charge in [0.15, 0.2) is 9.84 Å². The summed E-state index contributed by atoms with van der Waals surface area (Å²) in [6.07, 6.45) is 1.02. The Bertz CT molecular complexity index is 441. The lowest BCUT2D eigenvalue weighted by atomic mass is 10.2. The molecule has 1 aromatic carbocycles. The van der Waals surface area contributed by atoms with Crippen LogP contribution < -0.4 is 0 Å². The molecule has 0 radical (unpaired) electrons. The molecule has 1 aromatic rings. The van der Waals surface area contributed by atoms with Crippen LogP contribution >= 0.6 is 11.6 Å². The van der Waals surface area contributed by atoms with E-state index in [1.165, 1.54) is 13.0 Å². The molecule has 0 heterocycles. The van der Waals surface area contributed by atoms with Gasteiger partial charge >= 0.3 is 0 Å². The number of hydrogen-bond acceptors (Lipinski definition) is 2. The van der Waals surface area contributed by atoms with Gasteiger partial charge in [-0.1, -0.05) is 25.4 Å². The zero-order chi connectivity index (χ0) is 12.2. The zero-order valence-corrected chi connectivity index (χ0v) is 10.7. The molecule has 0 amide bonds. The molecule has 0 aliphatic heterocycles. The van der Waals surface area contributed by atoms with Crippen molar-refractivity contribution in [3.8, 4) is 0 Å². The van der Waals surface area contributed by atoms with Crippen LogP contribution in [0.5, 0.6) is 0 Å². The van der Waals surface area contributed by atoms with Crippen LogP contribution in [0, 0.1) is 12.7 Å². The minimum Gasteiger partial charge on any atom is -0.224 e. The Labute approximate surface area is 95.0 Å². The van der Waals surface area contributed by atoms with Crippen molar-refractivity contribution in [3.05, 3.63) is 28.5 Å².